The number of carboxylic acids is 1. The predicted molar refractivity (Wildman–Crippen MR) is 51.1 cm³/mol. The quantitative estimate of drug-likeness (QED) is 0.781. The van der Waals surface area contributed by atoms with Crippen LogP contribution in [-0.2, 0) is 12.4 Å². The van der Waals surface area contributed by atoms with Crippen LogP contribution < -0.4 is 0 Å². The van der Waals surface area contributed by atoms with Crippen LogP contribution >= 0.6 is 15.9 Å². The lowest BCUT2D eigenvalue weighted by molar-refractivity contribution is -0.144. The number of rotatable bonds is 1. The Morgan fingerprint density at radius 3 is 1.89 bits per heavy atom. The summed E-state index contributed by atoms with van der Waals surface area (Å²) in [6.07, 6.45) is -10.4. The first-order valence-electron chi connectivity index (χ1n) is 4.16. The molecule has 0 heterocycles. The molecule has 0 aliphatic carbocycles. The van der Waals surface area contributed by atoms with Gasteiger partial charge in [0.15, 0.2) is 0 Å². The highest BCUT2D eigenvalue weighted by Gasteiger charge is 2.44. The van der Waals surface area contributed by atoms with Gasteiger partial charge in [-0.2, -0.15) is 26.3 Å². The van der Waals surface area contributed by atoms with E-state index < -0.39 is 39.5 Å². The predicted octanol–water partition coefficient (Wildman–Crippen LogP) is 4.18. The second-order valence-corrected chi connectivity index (χ2v) is 4.00. The highest BCUT2D eigenvalue weighted by Crippen LogP contribution is 2.42. The molecule has 0 aliphatic rings. The van der Waals surface area contributed by atoms with Crippen molar-refractivity contribution in [1.82, 2.24) is 0 Å². The van der Waals surface area contributed by atoms with E-state index in [1.54, 1.807) is 0 Å². The Morgan fingerprint density at radius 2 is 1.56 bits per heavy atom. The molecular formula is C9H3BrF6O2. The summed E-state index contributed by atoms with van der Waals surface area (Å²) in [5.74, 6) is -2.30. The van der Waals surface area contributed by atoms with Crippen LogP contribution in [0.15, 0.2) is 16.6 Å². The van der Waals surface area contributed by atoms with Gasteiger partial charge in [-0.1, -0.05) is 15.9 Å². The SMILES string of the molecule is O=C(O)c1c(C(F)(F)F)ccc(Br)c1C(F)(F)F. The van der Waals surface area contributed by atoms with Crippen molar-refractivity contribution in [2.75, 3.05) is 0 Å². The van der Waals surface area contributed by atoms with Crippen LogP contribution in [0.4, 0.5) is 26.3 Å². The average molecular weight is 337 g/mol. The van der Waals surface area contributed by atoms with E-state index in [1.807, 2.05) is 0 Å². The van der Waals surface area contributed by atoms with Crippen LogP contribution in [0.5, 0.6) is 0 Å². The number of hydrogen-bond acceptors (Lipinski definition) is 1. The normalized spacial score (nSPS) is 12.6. The summed E-state index contributed by atoms with van der Waals surface area (Å²) in [5, 5.41) is 8.58. The molecule has 0 aliphatic heterocycles. The molecule has 0 atom stereocenters. The Kier molecular flexibility index (Phi) is 3.66. The van der Waals surface area contributed by atoms with Gasteiger partial charge in [-0.05, 0) is 12.1 Å². The zero-order valence-corrected chi connectivity index (χ0v) is 9.74. The number of carboxylic acid groups (broad SMARTS) is 1. The molecule has 1 rings (SSSR count). The molecule has 1 aromatic carbocycles. The smallest absolute Gasteiger partial charge is 0.418 e. The lowest BCUT2D eigenvalue weighted by Gasteiger charge is -2.17. The molecule has 0 radical (unpaired) electrons. The van der Waals surface area contributed by atoms with E-state index in [0.717, 1.165) is 0 Å². The van der Waals surface area contributed by atoms with Crippen LogP contribution in [0.3, 0.4) is 0 Å². The maximum Gasteiger partial charge on any atom is 0.418 e. The fourth-order valence-corrected chi connectivity index (χ4v) is 1.87. The van der Waals surface area contributed by atoms with Gasteiger partial charge in [0.2, 0.25) is 0 Å². The topological polar surface area (TPSA) is 37.3 Å². The summed E-state index contributed by atoms with van der Waals surface area (Å²) in [6.45, 7) is 0. The molecular weight excluding hydrogens is 334 g/mol. The molecule has 100 valence electrons. The third kappa shape index (κ3) is 2.77. The number of halogens is 7. The van der Waals surface area contributed by atoms with Crippen molar-refractivity contribution in [2.45, 2.75) is 12.4 Å². The minimum absolute atomic E-state index is 0.281. The first-order chi connectivity index (χ1) is 7.96. The molecule has 9 heteroatoms. The Balaban J connectivity index is 3.76. The van der Waals surface area contributed by atoms with Gasteiger partial charge in [0, 0.05) is 4.47 Å². The summed E-state index contributed by atoms with van der Waals surface area (Å²) >= 11 is 2.40. The van der Waals surface area contributed by atoms with Crippen molar-refractivity contribution in [3.8, 4) is 0 Å². The van der Waals surface area contributed by atoms with Gasteiger partial charge in [-0.15, -0.1) is 0 Å². The van der Waals surface area contributed by atoms with E-state index in [-0.39, 0.29) is 6.07 Å². The molecule has 0 fully saturated rings. The number of aromatic carboxylic acids is 1. The molecule has 0 saturated carbocycles. The van der Waals surface area contributed by atoms with Gasteiger partial charge < -0.3 is 5.11 Å². The lowest BCUT2D eigenvalue weighted by atomic mass is 10.00. The molecule has 0 spiro atoms. The molecule has 1 aromatic rings. The third-order valence-electron chi connectivity index (χ3n) is 1.96. The molecule has 1 N–H and O–H groups in total. The minimum Gasteiger partial charge on any atom is -0.478 e. The van der Waals surface area contributed by atoms with Gasteiger partial charge in [0.25, 0.3) is 0 Å². The van der Waals surface area contributed by atoms with Crippen molar-refractivity contribution < 1.29 is 36.2 Å². The summed E-state index contributed by atoms with van der Waals surface area (Å²) in [4.78, 5) is 10.7. The van der Waals surface area contributed by atoms with Crippen molar-refractivity contribution >= 4 is 21.9 Å². The van der Waals surface area contributed by atoms with Crippen molar-refractivity contribution in [3.63, 3.8) is 0 Å². The van der Waals surface area contributed by atoms with Crippen molar-refractivity contribution in [1.29, 1.82) is 0 Å². The Morgan fingerprint density at radius 1 is 1.06 bits per heavy atom. The van der Waals surface area contributed by atoms with Crippen LogP contribution in [0, 0.1) is 0 Å². The van der Waals surface area contributed by atoms with Crippen molar-refractivity contribution in [3.05, 3.63) is 33.3 Å². The van der Waals surface area contributed by atoms with E-state index in [4.69, 9.17) is 5.11 Å². The molecule has 18 heavy (non-hydrogen) atoms. The van der Waals surface area contributed by atoms with E-state index in [9.17, 15) is 31.1 Å². The maximum atomic E-state index is 12.6. The zero-order valence-electron chi connectivity index (χ0n) is 8.16. The average Bonchev–Trinajstić information content (AvgIpc) is 2.12. The Hall–Kier alpha value is -1.25. The van der Waals surface area contributed by atoms with Gasteiger partial charge in [0.1, 0.15) is 0 Å². The molecule has 0 aromatic heterocycles. The van der Waals surface area contributed by atoms with E-state index in [2.05, 4.69) is 15.9 Å². The van der Waals surface area contributed by atoms with E-state index in [0.29, 0.717) is 6.07 Å². The first-order valence-corrected chi connectivity index (χ1v) is 4.95. The number of hydrogen-bond donors (Lipinski definition) is 1. The van der Waals surface area contributed by atoms with Crippen molar-refractivity contribution in [2.24, 2.45) is 0 Å². The number of alkyl halides is 6. The molecule has 2 nitrogen and oxygen atoms in total. The molecule has 0 unspecified atom stereocenters. The van der Waals surface area contributed by atoms with E-state index in [1.165, 1.54) is 0 Å². The summed E-state index contributed by atoms with van der Waals surface area (Å²) in [7, 11) is 0. The summed E-state index contributed by atoms with van der Waals surface area (Å²) in [6, 6.07) is 0.793. The maximum absolute atomic E-state index is 12.6. The van der Waals surface area contributed by atoms with Gasteiger partial charge in [-0.3, -0.25) is 0 Å². The third-order valence-corrected chi connectivity index (χ3v) is 2.62. The van der Waals surface area contributed by atoms with Gasteiger partial charge in [-0.25, -0.2) is 4.79 Å². The largest absolute Gasteiger partial charge is 0.478 e. The van der Waals surface area contributed by atoms with Crippen LogP contribution in [0.25, 0.3) is 0 Å². The second kappa shape index (κ2) is 4.45. The van der Waals surface area contributed by atoms with Gasteiger partial charge in [0.05, 0.1) is 16.7 Å². The second-order valence-electron chi connectivity index (χ2n) is 3.15. The Bertz CT molecular complexity index is 491. The van der Waals surface area contributed by atoms with Crippen LogP contribution in [0.1, 0.15) is 21.5 Å². The lowest BCUT2D eigenvalue weighted by Crippen LogP contribution is -2.20. The number of benzene rings is 1. The first kappa shape index (κ1) is 14.8. The molecule has 0 amide bonds. The fourth-order valence-electron chi connectivity index (χ4n) is 1.31. The Labute approximate surface area is 104 Å². The highest BCUT2D eigenvalue weighted by molar-refractivity contribution is 9.10. The monoisotopic (exact) mass is 336 g/mol. The van der Waals surface area contributed by atoms with Crippen LogP contribution in [-0.4, -0.2) is 11.1 Å². The summed E-state index contributed by atoms with van der Waals surface area (Å²) in [5.41, 5.74) is -5.51. The fraction of sp³-hybridized carbons (Fsp3) is 0.222. The molecule has 0 bridgehead atoms. The zero-order chi connectivity index (χ0) is 14.3. The number of carbonyl (C=O) groups is 1. The minimum atomic E-state index is -5.21. The highest BCUT2D eigenvalue weighted by atomic mass is 79.9. The standard InChI is InChI=1S/C9H3BrF6O2/c10-4-2-1-3(8(11,12)13)5(7(17)18)6(4)9(14,15)16/h1-2H,(H,17,18). The van der Waals surface area contributed by atoms with Crippen LogP contribution in [0.2, 0.25) is 0 Å². The molecule has 0 saturated heterocycles. The van der Waals surface area contributed by atoms with E-state index >= 15 is 0 Å². The van der Waals surface area contributed by atoms with Gasteiger partial charge >= 0.3 is 18.3 Å². The summed E-state index contributed by atoms with van der Waals surface area (Å²) < 4.78 is 74.4.